The molecule has 6 nitrogen and oxygen atoms in total. The van der Waals surface area contributed by atoms with Crippen molar-refractivity contribution in [2.75, 3.05) is 18.6 Å². The van der Waals surface area contributed by atoms with Crippen molar-refractivity contribution in [1.82, 2.24) is 14.5 Å². The van der Waals surface area contributed by atoms with Crippen molar-refractivity contribution in [1.29, 1.82) is 0 Å². The highest BCUT2D eigenvalue weighted by Crippen LogP contribution is 2.31. The van der Waals surface area contributed by atoms with Gasteiger partial charge in [0.15, 0.2) is 15.0 Å². The third-order valence-corrected chi connectivity index (χ3v) is 8.35. The second kappa shape index (κ2) is 8.07. The molecule has 1 aliphatic rings. The molecule has 0 aliphatic carbocycles. The van der Waals surface area contributed by atoms with Gasteiger partial charge in [-0.05, 0) is 44.5 Å². The number of carbonyl (C=O) groups excluding carboxylic acids is 1. The summed E-state index contributed by atoms with van der Waals surface area (Å²) in [5.74, 6) is 0.124. The molecule has 1 aromatic heterocycles. The molecule has 1 aliphatic heterocycles. The van der Waals surface area contributed by atoms with Gasteiger partial charge in [0, 0.05) is 18.8 Å². The number of benzene rings is 2. The second-order valence-electron chi connectivity index (χ2n) is 7.82. The molecule has 158 valence electrons. The van der Waals surface area contributed by atoms with E-state index in [1.807, 2.05) is 38.1 Å². The number of rotatable bonds is 5. The topological polar surface area (TPSA) is 72.3 Å². The van der Waals surface area contributed by atoms with Crippen molar-refractivity contribution < 1.29 is 13.2 Å². The lowest BCUT2D eigenvalue weighted by atomic mass is 10.2. The first-order valence-corrected chi connectivity index (χ1v) is 12.6. The number of hydrogen-bond acceptors (Lipinski definition) is 5. The summed E-state index contributed by atoms with van der Waals surface area (Å²) in [6.07, 6.45) is 0.504. The van der Waals surface area contributed by atoms with Gasteiger partial charge in [-0.3, -0.25) is 9.36 Å². The molecule has 0 saturated carbocycles. The van der Waals surface area contributed by atoms with Gasteiger partial charge in [-0.1, -0.05) is 41.6 Å². The molecule has 2 unspecified atom stereocenters. The standard InChI is InChI=1S/C22H25N3O3S2/c1-15-8-10-17(11-9-15)25-20-7-5-4-6-19(20)23-22(25)29-16(2)21(26)24(3)18-12-13-30(27,28)14-18/h4-11,16,18H,12-14H2,1-3H3. The summed E-state index contributed by atoms with van der Waals surface area (Å²) in [5.41, 5.74) is 4.02. The SMILES string of the molecule is Cc1ccc(-n2c(SC(C)C(=O)N(C)C3CCS(=O)(=O)C3)nc3ccccc32)cc1. The maximum Gasteiger partial charge on any atom is 0.235 e. The zero-order chi connectivity index (χ0) is 21.5. The van der Waals surface area contributed by atoms with Crippen LogP contribution in [0.2, 0.25) is 0 Å². The van der Waals surface area contributed by atoms with E-state index in [-0.39, 0.29) is 28.7 Å². The number of carbonyl (C=O) groups is 1. The van der Waals surface area contributed by atoms with Crippen LogP contribution in [0.25, 0.3) is 16.7 Å². The third kappa shape index (κ3) is 4.11. The summed E-state index contributed by atoms with van der Waals surface area (Å²) >= 11 is 1.40. The lowest BCUT2D eigenvalue weighted by Crippen LogP contribution is -2.41. The molecule has 0 N–H and O–H groups in total. The lowest BCUT2D eigenvalue weighted by Gasteiger charge is -2.26. The Bertz CT molecular complexity index is 1190. The Kier molecular flexibility index (Phi) is 5.63. The normalized spacial score (nSPS) is 19.1. The predicted octanol–water partition coefficient (Wildman–Crippen LogP) is 3.46. The molecule has 0 spiro atoms. The molecule has 2 heterocycles. The molecule has 1 amide bonds. The van der Waals surface area contributed by atoms with Crippen LogP contribution in [0.4, 0.5) is 0 Å². The van der Waals surface area contributed by atoms with Crippen LogP contribution < -0.4 is 0 Å². The van der Waals surface area contributed by atoms with Crippen LogP contribution in [0, 0.1) is 6.92 Å². The van der Waals surface area contributed by atoms with Gasteiger partial charge >= 0.3 is 0 Å². The monoisotopic (exact) mass is 443 g/mol. The van der Waals surface area contributed by atoms with E-state index < -0.39 is 9.84 Å². The van der Waals surface area contributed by atoms with E-state index in [2.05, 4.69) is 28.8 Å². The summed E-state index contributed by atoms with van der Waals surface area (Å²) in [7, 11) is -1.34. The highest BCUT2D eigenvalue weighted by atomic mass is 32.2. The number of sulfone groups is 1. The van der Waals surface area contributed by atoms with Gasteiger partial charge in [-0.15, -0.1) is 0 Å². The Morgan fingerprint density at radius 2 is 1.90 bits per heavy atom. The van der Waals surface area contributed by atoms with Crippen LogP contribution in [0.3, 0.4) is 0 Å². The summed E-state index contributed by atoms with van der Waals surface area (Å²) in [6.45, 7) is 3.90. The zero-order valence-corrected chi connectivity index (χ0v) is 18.9. The van der Waals surface area contributed by atoms with Gasteiger partial charge in [-0.2, -0.15) is 0 Å². The maximum atomic E-state index is 13.0. The number of fused-ring (bicyclic) bond motifs is 1. The molecule has 0 radical (unpaired) electrons. The quantitative estimate of drug-likeness (QED) is 0.565. The van der Waals surface area contributed by atoms with E-state index in [0.29, 0.717) is 6.42 Å². The zero-order valence-electron chi connectivity index (χ0n) is 17.3. The molecule has 2 aromatic carbocycles. The van der Waals surface area contributed by atoms with Crippen LogP contribution in [0.1, 0.15) is 18.9 Å². The molecule has 8 heteroatoms. The number of hydrogen-bond donors (Lipinski definition) is 0. The Labute approximate surface area is 181 Å². The van der Waals surface area contributed by atoms with Gasteiger partial charge in [0.1, 0.15) is 0 Å². The molecule has 1 fully saturated rings. The number of nitrogens with zero attached hydrogens (tertiary/aromatic N) is 3. The minimum absolute atomic E-state index is 0.0501. The second-order valence-corrected chi connectivity index (χ2v) is 11.4. The van der Waals surface area contributed by atoms with Crippen molar-refractivity contribution in [3.63, 3.8) is 0 Å². The van der Waals surface area contributed by atoms with Gasteiger partial charge in [0.2, 0.25) is 5.91 Å². The minimum Gasteiger partial charge on any atom is -0.341 e. The van der Waals surface area contributed by atoms with Crippen molar-refractivity contribution in [3.8, 4) is 5.69 Å². The highest BCUT2D eigenvalue weighted by molar-refractivity contribution is 8.00. The van der Waals surface area contributed by atoms with E-state index in [0.717, 1.165) is 21.9 Å². The number of para-hydroxylation sites is 2. The van der Waals surface area contributed by atoms with Gasteiger partial charge in [-0.25, -0.2) is 13.4 Å². The molecule has 2 atom stereocenters. The fourth-order valence-electron chi connectivity index (χ4n) is 3.78. The fraction of sp³-hybridized carbons (Fsp3) is 0.364. The number of imidazole rings is 1. The highest BCUT2D eigenvalue weighted by Gasteiger charge is 2.34. The van der Waals surface area contributed by atoms with E-state index in [1.165, 1.54) is 17.3 Å². The average Bonchev–Trinajstić information content (AvgIpc) is 3.27. The Hall–Kier alpha value is -2.32. The summed E-state index contributed by atoms with van der Waals surface area (Å²) in [6, 6.07) is 15.9. The molecule has 3 aromatic rings. The van der Waals surface area contributed by atoms with Crippen molar-refractivity contribution in [2.24, 2.45) is 0 Å². The Morgan fingerprint density at radius 1 is 1.20 bits per heavy atom. The summed E-state index contributed by atoms with van der Waals surface area (Å²) < 4.78 is 25.7. The van der Waals surface area contributed by atoms with Crippen LogP contribution in [-0.4, -0.2) is 58.6 Å². The largest absolute Gasteiger partial charge is 0.341 e. The molecular weight excluding hydrogens is 418 g/mol. The Balaban J connectivity index is 1.62. The van der Waals surface area contributed by atoms with Gasteiger partial charge in [0.25, 0.3) is 0 Å². The number of amides is 1. The molecule has 4 rings (SSSR count). The predicted molar refractivity (Wildman–Crippen MR) is 121 cm³/mol. The number of aryl methyl sites for hydroxylation is 1. The van der Waals surface area contributed by atoms with E-state index in [4.69, 9.17) is 4.98 Å². The lowest BCUT2D eigenvalue weighted by molar-refractivity contribution is -0.130. The Morgan fingerprint density at radius 3 is 2.57 bits per heavy atom. The third-order valence-electron chi connectivity index (χ3n) is 5.56. The fourth-order valence-corrected chi connectivity index (χ4v) is 6.60. The molecule has 1 saturated heterocycles. The van der Waals surface area contributed by atoms with E-state index >= 15 is 0 Å². The molecular formula is C22H25N3O3S2. The first-order valence-electron chi connectivity index (χ1n) is 9.93. The van der Waals surface area contributed by atoms with Crippen molar-refractivity contribution in [3.05, 3.63) is 54.1 Å². The van der Waals surface area contributed by atoms with Crippen LogP contribution in [-0.2, 0) is 14.6 Å². The smallest absolute Gasteiger partial charge is 0.235 e. The van der Waals surface area contributed by atoms with E-state index in [9.17, 15) is 13.2 Å². The van der Waals surface area contributed by atoms with Crippen molar-refractivity contribution >= 4 is 38.5 Å². The van der Waals surface area contributed by atoms with Gasteiger partial charge in [0.05, 0.1) is 27.8 Å². The van der Waals surface area contributed by atoms with Crippen molar-refractivity contribution in [2.45, 2.75) is 36.7 Å². The molecule has 30 heavy (non-hydrogen) atoms. The molecule has 0 bridgehead atoms. The van der Waals surface area contributed by atoms with Gasteiger partial charge < -0.3 is 4.90 Å². The first kappa shape index (κ1) is 20.9. The van der Waals surface area contributed by atoms with Crippen LogP contribution in [0.5, 0.6) is 0 Å². The maximum absolute atomic E-state index is 13.0. The first-order chi connectivity index (χ1) is 14.2. The van der Waals surface area contributed by atoms with Crippen LogP contribution >= 0.6 is 11.8 Å². The van der Waals surface area contributed by atoms with E-state index in [1.54, 1.807) is 11.9 Å². The summed E-state index contributed by atoms with van der Waals surface area (Å²) in [4.78, 5) is 19.4. The number of aromatic nitrogens is 2. The van der Waals surface area contributed by atoms with Crippen LogP contribution in [0.15, 0.2) is 53.7 Å². The average molecular weight is 444 g/mol. The minimum atomic E-state index is -3.04. The number of thioether (sulfide) groups is 1. The summed E-state index contributed by atoms with van der Waals surface area (Å²) in [5, 5.41) is 0.354.